The van der Waals surface area contributed by atoms with E-state index in [9.17, 15) is 4.79 Å². The van der Waals surface area contributed by atoms with Gasteiger partial charge >= 0.3 is 0 Å². The van der Waals surface area contributed by atoms with E-state index in [-0.39, 0.29) is 10.8 Å². The summed E-state index contributed by atoms with van der Waals surface area (Å²) in [7, 11) is 3.15. The van der Waals surface area contributed by atoms with E-state index in [2.05, 4.69) is 10.2 Å². The van der Waals surface area contributed by atoms with E-state index in [0.717, 1.165) is 28.8 Å². The highest BCUT2D eigenvalue weighted by Crippen LogP contribution is 2.42. The van der Waals surface area contributed by atoms with Crippen LogP contribution >= 0.6 is 23.1 Å². The fraction of sp³-hybridized carbons (Fsp3) is 0.294. The molecule has 2 aromatic rings. The molecular weight excluding hydrogens is 358 g/mol. The maximum absolute atomic E-state index is 12.8. The lowest BCUT2D eigenvalue weighted by atomic mass is 10.0. The Bertz CT molecular complexity index is 861. The van der Waals surface area contributed by atoms with Crippen LogP contribution in [0.3, 0.4) is 0 Å². The Morgan fingerprint density at radius 2 is 2.08 bits per heavy atom. The summed E-state index contributed by atoms with van der Waals surface area (Å²) in [6.45, 7) is 1.99. The molecule has 1 saturated heterocycles. The number of carbonyl (C=O) groups is 1. The van der Waals surface area contributed by atoms with E-state index >= 15 is 0 Å². The van der Waals surface area contributed by atoms with Crippen LogP contribution in [0.15, 0.2) is 23.1 Å². The summed E-state index contributed by atoms with van der Waals surface area (Å²) in [5.41, 5.74) is 0.763. The Labute approximate surface area is 153 Å². The number of hydrogen-bond acceptors (Lipinski definition) is 8. The molecule has 0 bridgehead atoms. The number of allylic oxidation sites excluding steroid dienone is 1. The van der Waals surface area contributed by atoms with Crippen molar-refractivity contribution in [2.45, 2.75) is 19.3 Å². The topological polar surface area (TPSA) is 85.2 Å². The molecule has 2 heterocycles. The lowest BCUT2D eigenvalue weighted by Gasteiger charge is -2.07. The quantitative estimate of drug-likeness (QED) is 0.805. The Balaban J connectivity index is 1.93. The minimum atomic E-state index is -0.640. The second-order valence-corrected chi connectivity index (χ2v) is 7.45. The van der Waals surface area contributed by atoms with Gasteiger partial charge < -0.3 is 9.47 Å². The number of Topliss-reactive ketones (excluding diaryl/α,β-unsaturated/α-hetero) is 1. The number of hydrogen-bond donors (Lipinski definition) is 1. The van der Waals surface area contributed by atoms with E-state index in [1.165, 1.54) is 11.3 Å². The molecule has 0 spiro atoms. The van der Waals surface area contributed by atoms with Crippen molar-refractivity contribution < 1.29 is 14.3 Å². The predicted molar refractivity (Wildman–Crippen MR) is 99.9 cm³/mol. The van der Waals surface area contributed by atoms with Gasteiger partial charge in [0.25, 0.3) is 0 Å². The molecule has 0 saturated carbocycles. The summed E-state index contributed by atoms with van der Waals surface area (Å²) in [6.07, 6.45) is 2.52. The van der Waals surface area contributed by atoms with Gasteiger partial charge in [-0.25, -0.2) is 0 Å². The smallest absolute Gasteiger partial charge is 0.186 e. The zero-order chi connectivity index (χ0) is 18.0. The number of aryl methyl sites for hydroxylation is 1. The number of carbonyl (C=O) groups excluding carboxylic acids is 1. The number of ketones is 1. The molecule has 1 N–H and O–H groups in total. The van der Waals surface area contributed by atoms with Crippen LogP contribution in [0.5, 0.6) is 11.5 Å². The Kier molecular flexibility index (Phi) is 5.19. The number of thioether (sulfide) groups is 1. The number of aromatic nitrogens is 2. The van der Waals surface area contributed by atoms with Crippen molar-refractivity contribution >= 4 is 40.0 Å². The molecular formula is C17H17N3O3S2. The molecule has 1 aliphatic heterocycles. The minimum absolute atomic E-state index is 0.119. The molecule has 0 aliphatic carbocycles. The van der Waals surface area contributed by atoms with E-state index in [4.69, 9.17) is 14.9 Å². The van der Waals surface area contributed by atoms with Crippen LogP contribution in [0.1, 0.15) is 28.4 Å². The van der Waals surface area contributed by atoms with Gasteiger partial charge in [-0.3, -0.25) is 10.2 Å². The molecule has 0 radical (unpaired) electrons. The zero-order valence-corrected chi connectivity index (χ0v) is 15.7. The SMILES string of the molecule is CCc1nnc(C2C(=N)SC(=Cc3ccc(OC)cc3OC)C2=O)s1. The summed E-state index contributed by atoms with van der Waals surface area (Å²) in [5.74, 6) is 0.528. The number of ether oxygens (including phenoxy) is 2. The largest absolute Gasteiger partial charge is 0.497 e. The van der Waals surface area contributed by atoms with Gasteiger partial charge in [-0.1, -0.05) is 18.7 Å². The maximum Gasteiger partial charge on any atom is 0.186 e. The molecule has 3 rings (SSSR count). The van der Waals surface area contributed by atoms with Gasteiger partial charge in [0.1, 0.15) is 27.4 Å². The van der Waals surface area contributed by atoms with Crippen molar-refractivity contribution in [3.05, 3.63) is 38.7 Å². The predicted octanol–water partition coefficient (Wildman–Crippen LogP) is 3.54. The number of nitrogens with one attached hydrogen (secondary N) is 1. The molecule has 130 valence electrons. The van der Waals surface area contributed by atoms with E-state index in [1.807, 2.05) is 13.0 Å². The van der Waals surface area contributed by atoms with Crippen LogP contribution in [0.2, 0.25) is 0 Å². The van der Waals surface area contributed by atoms with Crippen molar-refractivity contribution in [3.8, 4) is 11.5 Å². The van der Waals surface area contributed by atoms with Crippen molar-refractivity contribution in [2.24, 2.45) is 0 Å². The summed E-state index contributed by atoms with van der Waals surface area (Å²) in [5, 5.41) is 18.1. The third-order valence-corrected chi connectivity index (χ3v) is 5.87. The Hall–Kier alpha value is -2.19. The van der Waals surface area contributed by atoms with Crippen LogP contribution in [-0.2, 0) is 11.2 Å². The normalized spacial score (nSPS) is 18.8. The molecule has 1 aromatic heterocycles. The number of nitrogens with zero attached hydrogens (tertiary/aromatic N) is 2. The van der Waals surface area contributed by atoms with Crippen molar-refractivity contribution in [1.29, 1.82) is 5.41 Å². The van der Waals surface area contributed by atoms with E-state index < -0.39 is 5.92 Å². The molecule has 1 atom stereocenters. The fourth-order valence-corrected chi connectivity index (χ4v) is 4.36. The second-order valence-electron chi connectivity index (χ2n) is 5.27. The van der Waals surface area contributed by atoms with Crippen LogP contribution in [0, 0.1) is 5.41 Å². The van der Waals surface area contributed by atoms with Crippen molar-refractivity contribution in [1.82, 2.24) is 10.2 Å². The van der Waals surface area contributed by atoms with Crippen LogP contribution in [-0.4, -0.2) is 35.2 Å². The summed E-state index contributed by atoms with van der Waals surface area (Å²) in [6, 6.07) is 5.40. The Morgan fingerprint density at radius 1 is 1.28 bits per heavy atom. The minimum Gasteiger partial charge on any atom is -0.497 e. The van der Waals surface area contributed by atoms with E-state index in [1.54, 1.807) is 32.4 Å². The lowest BCUT2D eigenvalue weighted by molar-refractivity contribution is -0.114. The maximum atomic E-state index is 12.8. The average Bonchev–Trinajstić information content (AvgIpc) is 3.19. The lowest BCUT2D eigenvalue weighted by Crippen LogP contribution is -2.11. The molecule has 1 fully saturated rings. The second kappa shape index (κ2) is 7.37. The third-order valence-electron chi connectivity index (χ3n) is 3.75. The monoisotopic (exact) mass is 375 g/mol. The third kappa shape index (κ3) is 3.45. The average molecular weight is 375 g/mol. The van der Waals surface area contributed by atoms with Crippen LogP contribution in [0.25, 0.3) is 6.08 Å². The van der Waals surface area contributed by atoms with Crippen molar-refractivity contribution in [3.63, 3.8) is 0 Å². The molecule has 1 aliphatic rings. The number of benzene rings is 1. The van der Waals surface area contributed by atoms with Crippen molar-refractivity contribution in [2.75, 3.05) is 14.2 Å². The molecule has 8 heteroatoms. The first kappa shape index (κ1) is 17.6. The number of methoxy groups -OCH3 is 2. The highest BCUT2D eigenvalue weighted by molar-refractivity contribution is 8.19. The highest BCUT2D eigenvalue weighted by Gasteiger charge is 2.39. The fourth-order valence-electron chi connectivity index (χ4n) is 2.42. The van der Waals surface area contributed by atoms with E-state index in [0.29, 0.717) is 21.4 Å². The van der Waals surface area contributed by atoms with Gasteiger partial charge in [0.15, 0.2) is 5.78 Å². The van der Waals surface area contributed by atoms with Gasteiger partial charge in [-0.2, -0.15) is 0 Å². The van der Waals surface area contributed by atoms with Crippen LogP contribution < -0.4 is 9.47 Å². The standard InChI is InChI=1S/C17H17N3O3S2/c1-4-13-19-20-17(25-13)14-15(21)12(24-16(14)18)7-9-5-6-10(22-2)8-11(9)23-3/h5-8,14,18H,4H2,1-3H3. The first-order valence-electron chi connectivity index (χ1n) is 7.63. The summed E-state index contributed by atoms with van der Waals surface area (Å²) in [4.78, 5) is 13.3. The molecule has 25 heavy (non-hydrogen) atoms. The van der Waals surface area contributed by atoms with Gasteiger partial charge in [0, 0.05) is 11.6 Å². The first-order chi connectivity index (χ1) is 12.1. The molecule has 1 aromatic carbocycles. The van der Waals surface area contributed by atoms with Crippen LogP contribution in [0.4, 0.5) is 0 Å². The zero-order valence-electron chi connectivity index (χ0n) is 14.0. The number of rotatable bonds is 5. The molecule has 6 nitrogen and oxygen atoms in total. The molecule has 1 unspecified atom stereocenters. The van der Waals surface area contributed by atoms with Gasteiger partial charge in [0.05, 0.1) is 24.2 Å². The van der Waals surface area contributed by atoms with Gasteiger partial charge in [0.2, 0.25) is 0 Å². The summed E-state index contributed by atoms with van der Waals surface area (Å²) < 4.78 is 10.6. The molecule has 0 amide bonds. The first-order valence-corrected chi connectivity index (χ1v) is 9.27. The summed E-state index contributed by atoms with van der Waals surface area (Å²) >= 11 is 2.56. The highest BCUT2D eigenvalue weighted by atomic mass is 32.2. The van der Waals surface area contributed by atoms with Gasteiger partial charge in [-0.05, 0) is 24.6 Å². The van der Waals surface area contributed by atoms with Gasteiger partial charge in [-0.15, -0.1) is 21.5 Å². The Morgan fingerprint density at radius 3 is 2.72 bits per heavy atom.